The molecule has 2 amide bonds. The summed E-state index contributed by atoms with van der Waals surface area (Å²) in [5.74, 6) is -0.879. The van der Waals surface area contributed by atoms with Crippen LogP contribution in [0.5, 0.6) is 0 Å². The molecule has 2 rings (SSSR count). The van der Waals surface area contributed by atoms with Gasteiger partial charge in [-0.25, -0.2) is 0 Å². The number of amides is 2. The van der Waals surface area contributed by atoms with Crippen molar-refractivity contribution in [2.24, 2.45) is 5.73 Å². The summed E-state index contributed by atoms with van der Waals surface area (Å²) in [5, 5.41) is 13.2. The molecule has 2 aromatic carbocycles. The Morgan fingerprint density at radius 3 is 2.57 bits per heavy atom. The van der Waals surface area contributed by atoms with Crippen LogP contribution in [0.1, 0.15) is 36.0 Å². The lowest BCUT2D eigenvalue weighted by Crippen LogP contribution is -2.44. The van der Waals surface area contributed by atoms with Crippen LogP contribution in [0.25, 0.3) is 10.8 Å². The van der Waals surface area contributed by atoms with E-state index in [2.05, 4.69) is 11.4 Å². The van der Waals surface area contributed by atoms with Gasteiger partial charge in [0.05, 0.1) is 6.07 Å². The molecule has 0 saturated heterocycles. The molecule has 5 nitrogen and oxygen atoms in total. The van der Waals surface area contributed by atoms with Crippen LogP contribution in [0, 0.1) is 11.3 Å². The van der Waals surface area contributed by atoms with Crippen molar-refractivity contribution >= 4 is 22.6 Å². The molecule has 23 heavy (non-hydrogen) atoms. The Hall–Kier alpha value is -2.87. The normalized spacial score (nSPS) is 11.6. The molecule has 0 unspecified atom stereocenters. The van der Waals surface area contributed by atoms with Crippen molar-refractivity contribution in [1.82, 2.24) is 5.32 Å². The first kappa shape index (κ1) is 16.5. The van der Waals surface area contributed by atoms with E-state index in [1.807, 2.05) is 30.3 Å². The molecule has 0 radical (unpaired) electrons. The highest BCUT2D eigenvalue weighted by Gasteiger charge is 2.18. The summed E-state index contributed by atoms with van der Waals surface area (Å²) in [7, 11) is 0. The van der Waals surface area contributed by atoms with E-state index >= 15 is 0 Å². The van der Waals surface area contributed by atoms with Crippen molar-refractivity contribution in [2.45, 2.75) is 31.7 Å². The average molecular weight is 309 g/mol. The maximum atomic E-state index is 12.3. The van der Waals surface area contributed by atoms with Gasteiger partial charge >= 0.3 is 0 Å². The van der Waals surface area contributed by atoms with Crippen LogP contribution in [0.15, 0.2) is 42.5 Å². The molecule has 0 aromatic heterocycles. The van der Waals surface area contributed by atoms with E-state index in [9.17, 15) is 9.59 Å². The highest BCUT2D eigenvalue weighted by atomic mass is 16.2. The fourth-order valence-electron chi connectivity index (χ4n) is 2.41. The number of primary amides is 1. The van der Waals surface area contributed by atoms with Crippen LogP contribution in [-0.2, 0) is 4.79 Å². The molecule has 118 valence electrons. The number of nitrogens with two attached hydrogens (primary N) is 1. The minimum absolute atomic E-state index is 0.320. The van der Waals surface area contributed by atoms with Gasteiger partial charge in [0.1, 0.15) is 6.04 Å². The third-order valence-electron chi connectivity index (χ3n) is 3.69. The van der Waals surface area contributed by atoms with E-state index in [1.165, 1.54) is 0 Å². The first-order chi connectivity index (χ1) is 11.1. The number of rotatable bonds is 7. The molecule has 0 fully saturated rings. The SMILES string of the molecule is N#CCCCC[C@@H](NC(=O)c1ccc2ccccc2c1)C(N)=O. The Morgan fingerprint density at radius 2 is 1.87 bits per heavy atom. The van der Waals surface area contributed by atoms with Crippen molar-refractivity contribution in [1.29, 1.82) is 5.26 Å². The van der Waals surface area contributed by atoms with Gasteiger partial charge in [0.2, 0.25) is 5.91 Å². The van der Waals surface area contributed by atoms with Gasteiger partial charge in [0.25, 0.3) is 5.91 Å². The van der Waals surface area contributed by atoms with E-state index in [4.69, 9.17) is 11.0 Å². The van der Waals surface area contributed by atoms with Gasteiger partial charge < -0.3 is 11.1 Å². The van der Waals surface area contributed by atoms with Gasteiger partial charge in [0, 0.05) is 12.0 Å². The molecule has 0 spiro atoms. The zero-order valence-electron chi connectivity index (χ0n) is 12.8. The second-order valence-corrected chi connectivity index (χ2v) is 5.39. The first-order valence-electron chi connectivity index (χ1n) is 7.58. The number of unbranched alkanes of at least 4 members (excludes halogenated alkanes) is 2. The fourth-order valence-corrected chi connectivity index (χ4v) is 2.41. The monoisotopic (exact) mass is 309 g/mol. The van der Waals surface area contributed by atoms with E-state index in [1.54, 1.807) is 12.1 Å². The lowest BCUT2D eigenvalue weighted by atomic mass is 10.0. The van der Waals surface area contributed by atoms with Crippen molar-refractivity contribution in [3.05, 3.63) is 48.0 Å². The number of nitriles is 1. The molecule has 0 aliphatic rings. The predicted molar refractivity (Wildman–Crippen MR) is 88.5 cm³/mol. The Labute approximate surface area is 135 Å². The number of carbonyl (C=O) groups is 2. The maximum absolute atomic E-state index is 12.3. The minimum atomic E-state index is -0.715. The van der Waals surface area contributed by atoms with Crippen LogP contribution in [-0.4, -0.2) is 17.9 Å². The summed E-state index contributed by atoms with van der Waals surface area (Å²) in [4.78, 5) is 23.8. The summed E-state index contributed by atoms with van der Waals surface area (Å²) >= 11 is 0. The number of benzene rings is 2. The molecule has 0 aliphatic carbocycles. The number of fused-ring (bicyclic) bond motifs is 1. The average Bonchev–Trinajstić information content (AvgIpc) is 2.56. The van der Waals surface area contributed by atoms with Crippen molar-refractivity contribution in [3.8, 4) is 6.07 Å². The Balaban J connectivity index is 2.04. The second kappa shape index (κ2) is 7.95. The van der Waals surface area contributed by atoms with Gasteiger partial charge in [-0.1, -0.05) is 30.3 Å². The second-order valence-electron chi connectivity index (χ2n) is 5.39. The number of hydrogen-bond donors (Lipinski definition) is 2. The van der Waals surface area contributed by atoms with Gasteiger partial charge in [0.15, 0.2) is 0 Å². The van der Waals surface area contributed by atoms with Crippen molar-refractivity contribution in [2.75, 3.05) is 0 Å². The van der Waals surface area contributed by atoms with Crippen molar-refractivity contribution in [3.63, 3.8) is 0 Å². The van der Waals surface area contributed by atoms with E-state index in [0.717, 1.165) is 10.8 Å². The molecule has 3 N–H and O–H groups in total. The van der Waals surface area contributed by atoms with Gasteiger partial charge in [-0.15, -0.1) is 0 Å². The van der Waals surface area contributed by atoms with Crippen LogP contribution in [0.4, 0.5) is 0 Å². The van der Waals surface area contributed by atoms with Crippen LogP contribution in [0.3, 0.4) is 0 Å². The standard InChI is InChI=1S/C18H19N3O2/c19-11-5-1-2-8-16(17(20)22)21-18(23)15-10-9-13-6-3-4-7-14(13)12-15/h3-4,6-7,9-10,12,16H,1-2,5,8H2,(H2,20,22)(H,21,23)/t16-/m1/s1. The van der Waals surface area contributed by atoms with Crippen LogP contribution >= 0.6 is 0 Å². The molecule has 2 aromatic rings. The molecule has 0 aliphatic heterocycles. The maximum Gasteiger partial charge on any atom is 0.251 e. The minimum Gasteiger partial charge on any atom is -0.368 e. The summed E-state index contributed by atoms with van der Waals surface area (Å²) in [6.45, 7) is 0. The van der Waals surface area contributed by atoms with Gasteiger partial charge in [-0.05, 0) is 42.2 Å². The highest BCUT2D eigenvalue weighted by molar-refractivity contribution is 6.00. The smallest absolute Gasteiger partial charge is 0.251 e. The molecule has 0 saturated carbocycles. The molecule has 1 atom stereocenters. The molecule has 5 heteroatoms. The van der Waals surface area contributed by atoms with Crippen molar-refractivity contribution < 1.29 is 9.59 Å². The van der Waals surface area contributed by atoms with Crippen LogP contribution in [0.2, 0.25) is 0 Å². The summed E-state index contributed by atoms with van der Waals surface area (Å²) < 4.78 is 0. The Kier molecular flexibility index (Phi) is 5.70. The predicted octanol–water partition coefficient (Wildman–Crippen LogP) is 2.51. The van der Waals surface area contributed by atoms with E-state index in [-0.39, 0.29) is 5.91 Å². The topological polar surface area (TPSA) is 96.0 Å². The number of hydrogen-bond acceptors (Lipinski definition) is 3. The molecule has 0 heterocycles. The largest absolute Gasteiger partial charge is 0.368 e. The summed E-state index contributed by atoms with van der Waals surface area (Å²) in [6, 6.07) is 14.5. The zero-order chi connectivity index (χ0) is 16.7. The zero-order valence-corrected chi connectivity index (χ0v) is 12.8. The Bertz CT molecular complexity index is 749. The number of nitrogens with zero attached hydrogens (tertiary/aromatic N) is 1. The Morgan fingerprint density at radius 1 is 1.13 bits per heavy atom. The highest BCUT2D eigenvalue weighted by Crippen LogP contribution is 2.16. The summed E-state index contributed by atoms with van der Waals surface area (Å²) in [5.41, 5.74) is 5.84. The first-order valence-corrected chi connectivity index (χ1v) is 7.58. The summed E-state index contributed by atoms with van der Waals surface area (Å²) in [6.07, 6.45) is 2.23. The third kappa shape index (κ3) is 4.55. The molecular formula is C18H19N3O2. The third-order valence-corrected chi connectivity index (χ3v) is 3.69. The van der Waals surface area contributed by atoms with Gasteiger partial charge in [-0.2, -0.15) is 5.26 Å². The van der Waals surface area contributed by atoms with E-state index < -0.39 is 11.9 Å². The number of nitrogens with one attached hydrogen (secondary N) is 1. The van der Waals surface area contributed by atoms with E-state index in [0.29, 0.717) is 31.2 Å². The van der Waals surface area contributed by atoms with Gasteiger partial charge in [-0.3, -0.25) is 9.59 Å². The lowest BCUT2D eigenvalue weighted by molar-refractivity contribution is -0.120. The van der Waals surface area contributed by atoms with Crippen LogP contribution < -0.4 is 11.1 Å². The lowest BCUT2D eigenvalue weighted by Gasteiger charge is -2.15. The molecule has 0 bridgehead atoms. The number of carbonyl (C=O) groups excluding carboxylic acids is 2. The fraction of sp³-hybridized carbons (Fsp3) is 0.278. The molecular weight excluding hydrogens is 290 g/mol. The quantitative estimate of drug-likeness (QED) is 0.769.